The van der Waals surface area contributed by atoms with Gasteiger partial charge in [0.2, 0.25) is 0 Å². The summed E-state index contributed by atoms with van der Waals surface area (Å²) >= 11 is 9.41. The molecule has 0 amide bonds. The summed E-state index contributed by atoms with van der Waals surface area (Å²) in [6.45, 7) is 3.67. The number of halogens is 2. The zero-order valence-corrected chi connectivity index (χ0v) is 12.8. The maximum atomic E-state index is 5.90. The molecule has 100 valence electrons. The Balaban J connectivity index is 1.53. The predicted octanol–water partition coefficient (Wildman–Crippen LogP) is 4.01. The minimum absolute atomic E-state index is 0.763. The van der Waals surface area contributed by atoms with E-state index in [4.69, 9.17) is 16.3 Å². The summed E-state index contributed by atoms with van der Waals surface area (Å²) in [5.41, 5.74) is 1.23. The number of ether oxygens (including phenoxy) is 1. The third kappa shape index (κ3) is 5.27. The van der Waals surface area contributed by atoms with Crippen LogP contribution in [0.2, 0.25) is 5.02 Å². The summed E-state index contributed by atoms with van der Waals surface area (Å²) in [4.78, 5) is 0. The van der Waals surface area contributed by atoms with Crippen molar-refractivity contribution in [2.45, 2.75) is 25.8 Å². The molecule has 0 atom stereocenters. The minimum Gasteiger partial charge on any atom is -0.381 e. The highest BCUT2D eigenvalue weighted by Crippen LogP contribution is 2.28. The van der Waals surface area contributed by atoms with Crippen LogP contribution < -0.4 is 5.32 Å². The second-order valence-electron chi connectivity index (χ2n) is 4.78. The molecule has 4 heteroatoms. The molecule has 0 saturated heterocycles. The summed E-state index contributed by atoms with van der Waals surface area (Å²) in [6, 6.07) is 5.89. The fourth-order valence-corrected chi connectivity index (χ4v) is 2.54. The van der Waals surface area contributed by atoms with Gasteiger partial charge in [0.05, 0.1) is 0 Å². The zero-order valence-electron chi connectivity index (χ0n) is 10.4. The van der Waals surface area contributed by atoms with Crippen LogP contribution in [0, 0.1) is 5.92 Å². The molecule has 0 unspecified atom stereocenters. The SMILES string of the molecule is Clc1ccc(CNCCCOCC2CC2)c(Br)c1. The van der Waals surface area contributed by atoms with E-state index >= 15 is 0 Å². The van der Waals surface area contributed by atoms with Crippen molar-refractivity contribution in [2.75, 3.05) is 19.8 Å². The number of hydrogen-bond donors (Lipinski definition) is 1. The largest absolute Gasteiger partial charge is 0.381 e. The van der Waals surface area contributed by atoms with Gasteiger partial charge in [-0.2, -0.15) is 0 Å². The van der Waals surface area contributed by atoms with Crippen LogP contribution in [0.15, 0.2) is 22.7 Å². The molecule has 0 aliphatic heterocycles. The van der Waals surface area contributed by atoms with Crippen molar-refractivity contribution in [1.82, 2.24) is 5.32 Å². The van der Waals surface area contributed by atoms with Gasteiger partial charge in [-0.05, 0) is 49.4 Å². The lowest BCUT2D eigenvalue weighted by Crippen LogP contribution is -2.16. The van der Waals surface area contributed by atoms with Crippen LogP contribution in [0.5, 0.6) is 0 Å². The first kappa shape index (κ1) is 14.3. The van der Waals surface area contributed by atoms with Crippen LogP contribution in [0.3, 0.4) is 0 Å². The van der Waals surface area contributed by atoms with E-state index in [1.807, 2.05) is 18.2 Å². The molecule has 1 N–H and O–H groups in total. The molecule has 1 saturated carbocycles. The highest BCUT2D eigenvalue weighted by molar-refractivity contribution is 9.10. The standard InChI is InChI=1S/C14H19BrClNO/c15-14-8-13(16)5-4-12(14)9-17-6-1-7-18-10-11-2-3-11/h4-5,8,11,17H,1-3,6-7,9-10H2. The fraction of sp³-hybridized carbons (Fsp3) is 0.571. The van der Waals surface area contributed by atoms with Gasteiger partial charge in [-0.15, -0.1) is 0 Å². The van der Waals surface area contributed by atoms with Gasteiger partial charge in [0.25, 0.3) is 0 Å². The second kappa shape index (κ2) is 7.49. The molecule has 0 aromatic heterocycles. The summed E-state index contributed by atoms with van der Waals surface area (Å²) in [6.07, 6.45) is 3.80. The smallest absolute Gasteiger partial charge is 0.0494 e. The molecular weight excluding hydrogens is 314 g/mol. The molecule has 0 radical (unpaired) electrons. The Morgan fingerprint density at radius 2 is 2.22 bits per heavy atom. The predicted molar refractivity (Wildman–Crippen MR) is 79.0 cm³/mol. The normalized spacial score (nSPS) is 15.0. The van der Waals surface area contributed by atoms with Gasteiger partial charge < -0.3 is 10.1 Å². The molecule has 2 rings (SSSR count). The van der Waals surface area contributed by atoms with Crippen molar-refractivity contribution in [2.24, 2.45) is 5.92 Å². The number of rotatable bonds is 8. The average molecular weight is 333 g/mol. The van der Waals surface area contributed by atoms with Crippen molar-refractivity contribution in [3.8, 4) is 0 Å². The zero-order chi connectivity index (χ0) is 12.8. The van der Waals surface area contributed by atoms with Gasteiger partial charge in [-0.3, -0.25) is 0 Å². The van der Waals surface area contributed by atoms with E-state index < -0.39 is 0 Å². The molecule has 18 heavy (non-hydrogen) atoms. The summed E-state index contributed by atoms with van der Waals surface area (Å²) in [5.74, 6) is 0.864. The van der Waals surface area contributed by atoms with Crippen LogP contribution in [0.25, 0.3) is 0 Å². The van der Waals surface area contributed by atoms with E-state index in [0.29, 0.717) is 0 Å². The third-order valence-electron chi connectivity index (χ3n) is 3.02. The monoisotopic (exact) mass is 331 g/mol. The van der Waals surface area contributed by atoms with Gasteiger partial charge in [0, 0.05) is 29.3 Å². The van der Waals surface area contributed by atoms with Crippen molar-refractivity contribution in [1.29, 1.82) is 0 Å². The van der Waals surface area contributed by atoms with E-state index in [-0.39, 0.29) is 0 Å². The summed E-state index contributed by atoms with van der Waals surface area (Å²) in [7, 11) is 0. The molecule has 1 aromatic carbocycles. The van der Waals surface area contributed by atoms with Gasteiger partial charge in [-0.25, -0.2) is 0 Å². The van der Waals surface area contributed by atoms with Gasteiger partial charge in [-0.1, -0.05) is 33.6 Å². The van der Waals surface area contributed by atoms with Crippen molar-refractivity contribution >= 4 is 27.5 Å². The highest BCUT2D eigenvalue weighted by Gasteiger charge is 2.20. The van der Waals surface area contributed by atoms with Crippen LogP contribution in [-0.2, 0) is 11.3 Å². The van der Waals surface area contributed by atoms with Crippen LogP contribution in [-0.4, -0.2) is 19.8 Å². The Hall–Kier alpha value is -0.0900. The Morgan fingerprint density at radius 3 is 2.94 bits per heavy atom. The van der Waals surface area contributed by atoms with E-state index in [9.17, 15) is 0 Å². The Bertz CT molecular complexity index is 382. The topological polar surface area (TPSA) is 21.3 Å². The van der Waals surface area contributed by atoms with Crippen molar-refractivity contribution < 1.29 is 4.74 Å². The number of hydrogen-bond acceptors (Lipinski definition) is 2. The van der Waals surface area contributed by atoms with Gasteiger partial charge in [0.15, 0.2) is 0 Å². The first-order chi connectivity index (χ1) is 8.75. The maximum absolute atomic E-state index is 5.90. The highest BCUT2D eigenvalue weighted by atomic mass is 79.9. The van der Waals surface area contributed by atoms with Crippen LogP contribution in [0.1, 0.15) is 24.8 Å². The molecule has 1 aliphatic carbocycles. The quantitative estimate of drug-likeness (QED) is 0.726. The molecule has 1 fully saturated rings. The lowest BCUT2D eigenvalue weighted by molar-refractivity contribution is 0.122. The fourth-order valence-electron chi connectivity index (χ4n) is 1.72. The number of nitrogens with one attached hydrogen (secondary N) is 1. The van der Waals surface area contributed by atoms with Crippen molar-refractivity contribution in [3.05, 3.63) is 33.3 Å². The first-order valence-corrected chi connectivity index (χ1v) is 7.65. The Morgan fingerprint density at radius 1 is 1.39 bits per heavy atom. The number of benzene rings is 1. The van der Waals surface area contributed by atoms with Crippen LogP contribution >= 0.6 is 27.5 Å². The van der Waals surface area contributed by atoms with E-state index in [1.165, 1.54) is 18.4 Å². The van der Waals surface area contributed by atoms with Gasteiger partial charge in [0.1, 0.15) is 0 Å². The molecule has 0 bridgehead atoms. The summed E-state index contributed by atoms with van der Waals surface area (Å²) in [5, 5.41) is 4.18. The second-order valence-corrected chi connectivity index (χ2v) is 6.08. The van der Waals surface area contributed by atoms with Crippen molar-refractivity contribution in [3.63, 3.8) is 0 Å². The first-order valence-electron chi connectivity index (χ1n) is 6.48. The Labute approximate surface area is 122 Å². The van der Waals surface area contributed by atoms with E-state index in [2.05, 4.69) is 21.2 Å². The molecule has 1 aromatic rings. The van der Waals surface area contributed by atoms with Gasteiger partial charge >= 0.3 is 0 Å². The molecule has 2 nitrogen and oxygen atoms in total. The Kier molecular flexibility index (Phi) is 5.96. The molecule has 0 heterocycles. The lowest BCUT2D eigenvalue weighted by Gasteiger charge is -2.07. The third-order valence-corrected chi connectivity index (χ3v) is 4.00. The maximum Gasteiger partial charge on any atom is 0.0494 e. The van der Waals surface area contributed by atoms with E-state index in [1.54, 1.807) is 0 Å². The minimum atomic E-state index is 0.763. The average Bonchev–Trinajstić information content (AvgIpc) is 3.14. The molecule has 1 aliphatic rings. The van der Waals surface area contributed by atoms with E-state index in [0.717, 1.165) is 48.1 Å². The lowest BCUT2D eigenvalue weighted by atomic mass is 10.2. The molecule has 0 spiro atoms. The van der Waals surface area contributed by atoms with Crippen LogP contribution in [0.4, 0.5) is 0 Å². The summed E-state index contributed by atoms with van der Waals surface area (Å²) < 4.78 is 6.65. The molecular formula is C14H19BrClNO.